The van der Waals surface area contributed by atoms with Crippen LogP contribution in [-0.2, 0) is 4.79 Å². The average molecular weight is 453 g/mol. The van der Waals surface area contributed by atoms with Crippen LogP contribution in [0.5, 0.6) is 5.75 Å². The summed E-state index contributed by atoms with van der Waals surface area (Å²) in [6.45, 7) is 11.6. The molecule has 0 fully saturated rings. The van der Waals surface area contributed by atoms with E-state index in [0.29, 0.717) is 19.5 Å². The van der Waals surface area contributed by atoms with Crippen LogP contribution in [-0.4, -0.2) is 48.1 Å². The molecule has 1 amide bonds. The molecular weight excluding hydrogens is 416 g/mol. The van der Waals surface area contributed by atoms with Crippen LogP contribution in [0.4, 0.5) is 5.69 Å². The predicted octanol–water partition coefficient (Wildman–Crippen LogP) is 3.38. The van der Waals surface area contributed by atoms with Crippen molar-refractivity contribution in [1.29, 1.82) is 0 Å². The number of nitrogens with zero attached hydrogens (tertiary/aromatic N) is 1. The van der Waals surface area contributed by atoms with Crippen molar-refractivity contribution in [1.82, 2.24) is 10.7 Å². The standard InChI is InChI=1S/C26H36N4O3/c1-17-6-7-18(2)23(12-17)33-15-22(31)14-28-26(4,5)16-27-21-10-8-20(9-11-21)25-19(3)13-24(32)29-30-25/h6-12,19,22,27-28,31H,13-16H2,1-5H3,(H,29,32). The number of nitrogens with one attached hydrogen (secondary N) is 3. The Morgan fingerprint density at radius 3 is 2.64 bits per heavy atom. The Morgan fingerprint density at radius 2 is 1.94 bits per heavy atom. The lowest BCUT2D eigenvalue weighted by Crippen LogP contribution is -2.49. The van der Waals surface area contributed by atoms with Crippen molar-refractivity contribution < 1.29 is 14.6 Å². The predicted molar refractivity (Wildman–Crippen MR) is 133 cm³/mol. The quantitative estimate of drug-likeness (QED) is 0.443. The minimum absolute atomic E-state index is 0.0405. The van der Waals surface area contributed by atoms with Crippen LogP contribution in [0.3, 0.4) is 0 Å². The summed E-state index contributed by atoms with van der Waals surface area (Å²) >= 11 is 0. The fourth-order valence-corrected chi connectivity index (χ4v) is 3.65. The summed E-state index contributed by atoms with van der Waals surface area (Å²) < 4.78 is 5.81. The molecule has 2 aromatic rings. The molecule has 2 aromatic carbocycles. The lowest BCUT2D eigenvalue weighted by atomic mass is 9.94. The van der Waals surface area contributed by atoms with Gasteiger partial charge in [-0.2, -0.15) is 5.10 Å². The van der Waals surface area contributed by atoms with Gasteiger partial charge in [-0.15, -0.1) is 0 Å². The SMILES string of the molecule is Cc1ccc(C)c(OCC(O)CNC(C)(C)CNc2ccc(C3=NNC(=O)CC3C)cc2)c1. The minimum atomic E-state index is -0.609. The largest absolute Gasteiger partial charge is 0.491 e. The van der Waals surface area contributed by atoms with Gasteiger partial charge in [-0.1, -0.05) is 31.2 Å². The molecule has 1 aliphatic rings. The first kappa shape index (κ1) is 24.7. The van der Waals surface area contributed by atoms with Crippen LogP contribution >= 0.6 is 0 Å². The van der Waals surface area contributed by atoms with Crippen molar-refractivity contribution >= 4 is 17.3 Å². The number of amides is 1. The third kappa shape index (κ3) is 7.30. The number of aliphatic hydroxyl groups excluding tert-OH is 1. The van der Waals surface area contributed by atoms with E-state index in [1.54, 1.807) is 0 Å². The molecule has 2 atom stereocenters. The highest BCUT2D eigenvalue weighted by Crippen LogP contribution is 2.20. The molecule has 1 heterocycles. The smallest absolute Gasteiger partial charge is 0.240 e. The van der Waals surface area contributed by atoms with Gasteiger partial charge in [0, 0.05) is 36.7 Å². The molecule has 0 radical (unpaired) electrons. The number of anilines is 1. The summed E-state index contributed by atoms with van der Waals surface area (Å²) in [7, 11) is 0. The second-order valence-electron chi connectivity index (χ2n) is 9.57. The van der Waals surface area contributed by atoms with E-state index in [4.69, 9.17) is 4.74 Å². The van der Waals surface area contributed by atoms with E-state index >= 15 is 0 Å². The third-order valence-electron chi connectivity index (χ3n) is 5.77. The van der Waals surface area contributed by atoms with E-state index in [-0.39, 0.29) is 24.0 Å². The Balaban J connectivity index is 1.44. The average Bonchev–Trinajstić information content (AvgIpc) is 2.77. The van der Waals surface area contributed by atoms with Gasteiger partial charge < -0.3 is 20.5 Å². The van der Waals surface area contributed by atoms with Crippen molar-refractivity contribution in [3.05, 3.63) is 59.2 Å². The maximum atomic E-state index is 11.4. The van der Waals surface area contributed by atoms with Gasteiger partial charge in [0.1, 0.15) is 18.5 Å². The number of rotatable bonds is 10. The van der Waals surface area contributed by atoms with Gasteiger partial charge in [0.05, 0.1) is 5.71 Å². The third-order valence-corrected chi connectivity index (χ3v) is 5.77. The van der Waals surface area contributed by atoms with Crippen LogP contribution in [0.2, 0.25) is 0 Å². The number of benzene rings is 2. The second-order valence-corrected chi connectivity index (χ2v) is 9.57. The lowest BCUT2D eigenvalue weighted by Gasteiger charge is -2.28. The number of β-amino-alcohol motifs (C(OH)–C–C–N with tert-alkyl or cyclic N) is 1. The first-order valence-electron chi connectivity index (χ1n) is 11.5. The Morgan fingerprint density at radius 1 is 1.21 bits per heavy atom. The van der Waals surface area contributed by atoms with Crippen LogP contribution in [0.25, 0.3) is 0 Å². The zero-order valence-corrected chi connectivity index (χ0v) is 20.2. The number of carbonyl (C=O) groups excluding carboxylic acids is 1. The number of aliphatic hydroxyl groups is 1. The summed E-state index contributed by atoms with van der Waals surface area (Å²) in [5.74, 6) is 0.876. The minimum Gasteiger partial charge on any atom is -0.491 e. The van der Waals surface area contributed by atoms with E-state index in [1.807, 2.05) is 63.2 Å². The van der Waals surface area contributed by atoms with Gasteiger partial charge in [-0.3, -0.25) is 4.79 Å². The molecular formula is C26H36N4O3. The van der Waals surface area contributed by atoms with E-state index in [9.17, 15) is 9.90 Å². The molecule has 2 unspecified atom stereocenters. The number of hydrogen-bond acceptors (Lipinski definition) is 6. The molecule has 0 spiro atoms. The van der Waals surface area contributed by atoms with Crippen LogP contribution < -0.4 is 20.8 Å². The summed E-state index contributed by atoms with van der Waals surface area (Å²) in [5.41, 5.74) is 7.44. The molecule has 3 rings (SSSR count). The monoisotopic (exact) mass is 452 g/mol. The number of carbonyl (C=O) groups is 1. The van der Waals surface area contributed by atoms with E-state index < -0.39 is 6.10 Å². The van der Waals surface area contributed by atoms with E-state index in [2.05, 4.69) is 35.0 Å². The molecule has 0 aromatic heterocycles. The van der Waals surface area contributed by atoms with Crippen molar-refractivity contribution in [2.45, 2.75) is 52.7 Å². The Kier molecular flexibility index (Phi) is 8.10. The number of hydrazone groups is 1. The van der Waals surface area contributed by atoms with Gasteiger partial charge in [0.15, 0.2) is 0 Å². The molecule has 0 aliphatic carbocycles. The summed E-state index contributed by atoms with van der Waals surface area (Å²) in [4.78, 5) is 11.4. The number of aryl methyl sites for hydroxylation is 2. The molecule has 1 aliphatic heterocycles. The van der Waals surface area contributed by atoms with Crippen molar-refractivity contribution in [3.8, 4) is 5.75 Å². The number of hydrogen-bond donors (Lipinski definition) is 4. The Bertz CT molecular complexity index is 986. The fourth-order valence-electron chi connectivity index (χ4n) is 3.65. The molecule has 4 N–H and O–H groups in total. The Hall–Kier alpha value is -2.90. The molecule has 7 heteroatoms. The summed E-state index contributed by atoms with van der Waals surface area (Å²) in [6, 6.07) is 14.1. The zero-order chi connectivity index (χ0) is 24.0. The van der Waals surface area contributed by atoms with Gasteiger partial charge in [-0.05, 0) is 62.6 Å². The molecule has 0 saturated carbocycles. The summed E-state index contributed by atoms with van der Waals surface area (Å²) in [6.07, 6.45) is -0.151. The highest BCUT2D eigenvalue weighted by Gasteiger charge is 2.22. The van der Waals surface area contributed by atoms with Crippen LogP contribution in [0, 0.1) is 19.8 Å². The Labute approximate surface area is 196 Å². The number of ether oxygens (including phenoxy) is 1. The molecule has 178 valence electrons. The van der Waals surface area contributed by atoms with Gasteiger partial charge in [-0.25, -0.2) is 5.43 Å². The maximum Gasteiger partial charge on any atom is 0.240 e. The molecule has 0 bridgehead atoms. The maximum absolute atomic E-state index is 11.4. The normalized spacial score (nSPS) is 17.2. The molecule has 7 nitrogen and oxygen atoms in total. The van der Waals surface area contributed by atoms with Crippen molar-refractivity contribution in [3.63, 3.8) is 0 Å². The van der Waals surface area contributed by atoms with Gasteiger partial charge in [0.25, 0.3) is 0 Å². The van der Waals surface area contributed by atoms with Crippen LogP contribution in [0.1, 0.15) is 43.9 Å². The first-order chi connectivity index (χ1) is 15.6. The molecule has 33 heavy (non-hydrogen) atoms. The summed E-state index contributed by atoms with van der Waals surface area (Å²) in [5, 5.41) is 21.4. The van der Waals surface area contributed by atoms with Crippen molar-refractivity contribution in [2.75, 3.05) is 25.0 Å². The zero-order valence-electron chi connectivity index (χ0n) is 20.2. The van der Waals surface area contributed by atoms with E-state index in [0.717, 1.165) is 33.8 Å². The van der Waals surface area contributed by atoms with Gasteiger partial charge >= 0.3 is 0 Å². The lowest BCUT2D eigenvalue weighted by molar-refractivity contribution is -0.121. The van der Waals surface area contributed by atoms with Crippen molar-refractivity contribution in [2.24, 2.45) is 11.0 Å². The topological polar surface area (TPSA) is 95.0 Å². The highest BCUT2D eigenvalue weighted by atomic mass is 16.5. The highest BCUT2D eigenvalue weighted by molar-refractivity contribution is 6.05. The molecule has 0 saturated heterocycles. The fraction of sp³-hybridized carbons (Fsp3) is 0.462. The second kappa shape index (κ2) is 10.8. The first-order valence-corrected chi connectivity index (χ1v) is 11.5. The van der Waals surface area contributed by atoms with Gasteiger partial charge in [0.2, 0.25) is 5.91 Å². The van der Waals surface area contributed by atoms with E-state index in [1.165, 1.54) is 0 Å². The van der Waals surface area contributed by atoms with Crippen LogP contribution in [0.15, 0.2) is 47.6 Å².